The molecule has 17 heavy (non-hydrogen) atoms. The minimum Gasteiger partial charge on any atom is -0.422 e. The monoisotopic (exact) mass is 242 g/mol. The second-order valence-electron chi connectivity index (χ2n) is 3.48. The molecule has 0 radical (unpaired) electrons. The molecule has 7 heteroatoms. The molecule has 0 fully saturated rings. The van der Waals surface area contributed by atoms with Crippen LogP contribution in [0.15, 0.2) is 12.3 Å². The van der Waals surface area contributed by atoms with Crippen molar-refractivity contribution in [1.82, 2.24) is 9.78 Å². The summed E-state index contributed by atoms with van der Waals surface area (Å²) >= 11 is 0. The highest BCUT2D eigenvalue weighted by Gasteiger charge is 2.17. The van der Waals surface area contributed by atoms with E-state index in [-0.39, 0.29) is 6.29 Å². The highest BCUT2D eigenvalue weighted by molar-refractivity contribution is 6.57. The molecule has 1 rings (SSSR count). The van der Waals surface area contributed by atoms with Crippen LogP contribution >= 0.6 is 0 Å². The van der Waals surface area contributed by atoms with Crippen molar-refractivity contribution in [3.05, 3.63) is 12.3 Å². The Morgan fingerprint density at radius 3 is 2.53 bits per heavy atom. The molecule has 0 unspecified atom stereocenters. The highest BCUT2D eigenvalue weighted by atomic mass is 16.7. The molecule has 1 aromatic rings. The lowest BCUT2D eigenvalue weighted by Gasteiger charge is -2.17. The molecule has 1 heterocycles. The van der Waals surface area contributed by atoms with Crippen LogP contribution in [-0.4, -0.2) is 46.5 Å². The Morgan fingerprint density at radius 1 is 1.35 bits per heavy atom. The fourth-order valence-electron chi connectivity index (χ4n) is 1.56. The average molecular weight is 242 g/mol. The van der Waals surface area contributed by atoms with Crippen molar-refractivity contribution in [3.8, 4) is 0 Å². The summed E-state index contributed by atoms with van der Waals surface area (Å²) in [5, 5.41) is 22.2. The van der Waals surface area contributed by atoms with Crippen LogP contribution < -0.4 is 5.59 Å². The van der Waals surface area contributed by atoms with Crippen LogP contribution in [0.5, 0.6) is 0 Å². The van der Waals surface area contributed by atoms with Crippen LogP contribution in [0.4, 0.5) is 0 Å². The Labute approximate surface area is 101 Å². The number of aryl methyl sites for hydroxylation is 1. The molecule has 0 atom stereocenters. The standard InChI is InChI=1S/C10H19BN2O4/c1-3-16-10(17-4-2)6-8-13-9(11(14)15)5-7-12-13/h5,7,10,14-15H,3-4,6,8H2,1-2H3. The van der Waals surface area contributed by atoms with Crippen molar-refractivity contribution in [2.24, 2.45) is 0 Å². The van der Waals surface area contributed by atoms with Gasteiger partial charge in [-0.15, -0.1) is 0 Å². The van der Waals surface area contributed by atoms with Crippen LogP contribution in [-0.2, 0) is 16.0 Å². The quantitative estimate of drug-likeness (QED) is 0.468. The van der Waals surface area contributed by atoms with Gasteiger partial charge in [-0.25, -0.2) is 0 Å². The van der Waals surface area contributed by atoms with Gasteiger partial charge in [0, 0.05) is 32.4 Å². The topological polar surface area (TPSA) is 76.7 Å². The van der Waals surface area contributed by atoms with Crippen molar-refractivity contribution < 1.29 is 19.5 Å². The minimum atomic E-state index is -1.50. The first kappa shape index (κ1) is 14.2. The smallest absolute Gasteiger partial charge is 0.422 e. The second-order valence-corrected chi connectivity index (χ2v) is 3.48. The molecule has 0 spiro atoms. The third-order valence-corrected chi connectivity index (χ3v) is 2.30. The number of hydrogen-bond acceptors (Lipinski definition) is 5. The predicted molar refractivity (Wildman–Crippen MR) is 63.7 cm³/mol. The maximum Gasteiger partial charge on any atom is 0.507 e. The molecule has 0 aliphatic carbocycles. The summed E-state index contributed by atoms with van der Waals surface area (Å²) in [5.41, 5.74) is 0.372. The lowest BCUT2D eigenvalue weighted by molar-refractivity contribution is -0.141. The molecule has 0 saturated heterocycles. The van der Waals surface area contributed by atoms with Gasteiger partial charge in [0.2, 0.25) is 0 Å². The largest absolute Gasteiger partial charge is 0.507 e. The zero-order chi connectivity index (χ0) is 12.7. The maximum atomic E-state index is 9.10. The van der Waals surface area contributed by atoms with Gasteiger partial charge in [0.15, 0.2) is 6.29 Å². The van der Waals surface area contributed by atoms with Crippen LogP contribution in [0.3, 0.4) is 0 Å². The Hall–Kier alpha value is -0.885. The zero-order valence-electron chi connectivity index (χ0n) is 10.2. The molecular formula is C10H19BN2O4. The van der Waals surface area contributed by atoms with Crippen LogP contribution in [0.25, 0.3) is 0 Å². The Kier molecular flexibility index (Phi) is 6.21. The summed E-state index contributed by atoms with van der Waals surface area (Å²) in [6.45, 7) is 5.49. The first-order chi connectivity index (χ1) is 8.19. The zero-order valence-corrected chi connectivity index (χ0v) is 10.2. The minimum absolute atomic E-state index is 0.280. The van der Waals surface area contributed by atoms with Gasteiger partial charge in [-0.2, -0.15) is 5.10 Å². The molecule has 2 N–H and O–H groups in total. The molecule has 0 bridgehead atoms. The molecule has 0 aromatic carbocycles. The molecule has 0 saturated carbocycles. The maximum absolute atomic E-state index is 9.10. The summed E-state index contributed by atoms with van der Waals surface area (Å²) in [6.07, 6.45) is 1.87. The van der Waals surface area contributed by atoms with Gasteiger partial charge in [0.25, 0.3) is 0 Å². The van der Waals surface area contributed by atoms with E-state index >= 15 is 0 Å². The van der Waals surface area contributed by atoms with Crippen LogP contribution in [0.2, 0.25) is 0 Å². The number of hydrogen-bond donors (Lipinski definition) is 2. The van der Waals surface area contributed by atoms with Gasteiger partial charge in [-0.1, -0.05) is 0 Å². The van der Waals surface area contributed by atoms with E-state index < -0.39 is 7.12 Å². The van der Waals surface area contributed by atoms with Crippen molar-refractivity contribution in [3.63, 3.8) is 0 Å². The van der Waals surface area contributed by atoms with E-state index in [1.54, 1.807) is 6.07 Å². The number of ether oxygens (including phenoxy) is 2. The summed E-state index contributed by atoms with van der Waals surface area (Å²) in [6, 6.07) is 1.57. The number of rotatable bonds is 8. The number of aromatic nitrogens is 2. The fourth-order valence-corrected chi connectivity index (χ4v) is 1.56. The van der Waals surface area contributed by atoms with Gasteiger partial charge in [-0.3, -0.25) is 4.68 Å². The number of nitrogens with zero attached hydrogens (tertiary/aromatic N) is 2. The Morgan fingerprint density at radius 2 is 2.00 bits per heavy atom. The van der Waals surface area contributed by atoms with Gasteiger partial charge in [0.1, 0.15) is 0 Å². The van der Waals surface area contributed by atoms with Gasteiger partial charge in [-0.05, 0) is 19.9 Å². The normalized spacial score (nSPS) is 11.1. The molecular weight excluding hydrogens is 223 g/mol. The fraction of sp³-hybridized carbons (Fsp3) is 0.700. The van der Waals surface area contributed by atoms with Crippen molar-refractivity contribution in [1.29, 1.82) is 0 Å². The molecule has 0 aliphatic heterocycles. The first-order valence-electron chi connectivity index (χ1n) is 5.80. The second kappa shape index (κ2) is 7.44. The van der Waals surface area contributed by atoms with E-state index in [1.807, 2.05) is 13.8 Å². The Bertz CT molecular complexity index is 313. The third-order valence-electron chi connectivity index (χ3n) is 2.30. The molecule has 1 aromatic heterocycles. The van der Waals surface area contributed by atoms with E-state index in [9.17, 15) is 0 Å². The highest BCUT2D eigenvalue weighted by Crippen LogP contribution is 2.02. The molecule has 0 aliphatic rings. The van der Waals surface area contributed by atoms with Gasteiger partial charge in [0.05, 0.1) is 5.59 Å². The van der Waals surface area contributed by atoms with Crippen LogP contribution in [0, 0.1) is 0 Å². The predicted octanol–water partition coefficient (Wildman–Crippen LogP) is -0.648. The first-order valence-corrected chi connectivity index (χ1v) is 5.80. The van der Waals surface area contributed by atoms with Crippen molar-refractivity contribution in [2.45, 2.75) is 33.1 Å². The van der Waals surface area contributed by atoms with Crippen LogP contribution in [0.1, 0.15) is 20.3 Å². The summed E-state index contributed by atoms with van der Waals surface area (Å²) in [4.78, 5) is 0. The summed E-state index contributed by atoms with van der Waals surface area (Å²) in [5.74, 6) is 0. The summed E-state index contributed by atoms with van der Waals surface area (Å²) in [7, 11) is -1.50. The van der Waals surface area contributed by atoms with Crippen molar-refractivity contribution >= 4 is 12.7 Å². The van der Waals surface area contributed by atoms with E-state index in [0.29, 0.717) is 31.8 Å². The molecule has 96 valence electrons. The molecule has 6 nitrogen and oxygen atoms in total. The lowest BCUT2D eigenvalue weighted by atomic mass is 9.86. The van der Waals surface area contributed by atoms with E-state index in [2.05, 4.69) is 5.10 Å². The van der Waals surface area contributed by atoms with E-state index in [4.69, 9.17) is 19.5 Å². The average Bonchev–Trinajstić information content (AvgIpc) is 2.74. The van der Waals surface area contributed by atoms with Crippen molar-refractivity contribution in [2.75, 3.05) is 13.2 Å². The van der Waals surface area contributed by atoms with E-state index in [0.717, 1.165) is 0 Å². The van der Waals surface area contributed by atoms with Gasteiger partial charge < -0.3 is 19.5 Å². The molecule has 0 amide bonds. The Balaban J connectivity index is 2.49. The van der Waals surface area contributed by atoms with E-state index in [1.165, 1.54) is 10.9 Å². The SMILES string of the molecule is CCOC(CCn1nccc1B(O)O)OCC. The van der Waals surface area contributed by atoms with Gasteiger partial charge >= 0.3 is 7.12 Å². The third kappa shape index (κ3) is 4.47. The summed E-state index contributed by atoms with van der Waals surface area (Å²) < 4.78 is 12.3. The lowest BCUT2D eigenvalue weighted by Crippen LogP contribution is -2.37.